The molecule has 1 radical (unpaired) electrons. The lowest BCUT2D eigenvalue weighted by Gasteiger charge is -2.30. The molecule has 0 N–H and O–H groups in total. The molecule has 0 saturated carbocycles. The van der Waals surface area contributed by atoms with Gasteiger partial charge in [0.05, 0.1) is 12.7 Å². The summed E-state index contributed by atoms with van der Waals surface area (Å²) < 4.78 is 11.3. The normalized spacial score (nSPS) is 26.8. The Hall–Kier alpha value is -0.0800. The van der Waals surface area contributed by atoms with Crippen LogP contribution in [0, 0.1) is 12.8 Å². The summed E-state index contributed by atoms with van der Waals surface area (Å²) in [6.45, 7) is 8.80. The molecular weight excluding hydrogens is 188 g/mol. The van der Waals surface area contributed by atoms with Crippen molar-refractivity contribution in [3.63, 3.8) is 0 Å². The van der Waals surface area contributed by atoms with Crippen LogP contribution in [-0.4, -0.2) is 25.9 Å². The Bertz CT molecular complexity index is 147. The third-order valence-corrected chi connectivity index (χ3v) is 3.11. The van der Waals surface area contributed by atoms with Crippen LogP contribution in [0.3, 0.4) is 0 Å². The maximum absolute atomic E-state index is 5.91. The molecule has 2 atom stereocenters. The number of ether oxygens (including phenoxy) is 2. The number of hydrogen-bond acceptors (Lipinski definition) is 2. The molecule has 0 aromatic carbocycles. The Balaban J connectivity index is 2.07. The minimum absolute atomic E-state index is 0.401. The van der Waals surface area contributed by atoms with E-state index in [9.17, 15) is 0 Å². The monoisotopic (exact) mass is 213 g/mol. The Morgan fingerprint density at radius 3 is 2.93 bits per heavy atom. The molecule has 1 saturated heterocycles. The minimum atomic E-state index is 0.401. The lowest BCUT2D eigenvalue weighted by atomic mass is 9.96. The van der Waals surface area contributed by atoms with E-state index in [4.69, 9.17) is 9.47 Å². The lowest BCUT2D eigenvalue weighted by molar-refractivity contribution is -0.0737. The van der Waals surface area contributed by atoms with E-state index in [1.807, 2.05) is 0 Å². The molecule has 0 aliphatic carbocycles. The van der Waals surface area contributed by atoms with Crippen molar-refractivity contribution in [3.05, 3.63) is 6.92 Å². The molecular formula is C13H25O2. The van der Waals surface area contributed by atoms with Crippen molar-refractivity contribution >= 4 is 0 Å². The molecule has 1 aliphatic rings. The second kappa shape index (κ2) is 8.12. The molecule has 0 aromatic rings. The molecule has 0 spiro atoms. The van der Waals surface area contributed by atoms with E-state index in [2.05, 4.69) is 13.8 Å². The van der Waals surface area contributed by atoms with Crippen LogP contribution in [0.1, 0.15) is 45.4 Å². The van der Waals surface area contributed by atoms with Crippen molar-refractivity contribution in [3.8, 4) is 0 Å². The second-order valence-corrected chi connectivity index (χ2v) is 4.38. The molecule has 0 aromatic heterocycles. The fourth-order valence-electron chi connectivity index (χ4n) is 2.03. The first-order valence-corrected chi connectivity index (χ1v) is 6.37. The highest BCUT2D eigenvalue weighted by Gasteiger charge is 2.24. The highest BCUT2D eigenvalue weighted by atomic mass is 16.5. The van der Waals surface area contributed by atoms with Gasteiger partial charge >= 0.3 is 0 Å². The molecule has 1 heterocycles. The van der Waals surface area contributed by atoms with Crippen molar-refractivity contribution in [1.82, 2.24) is 0 Å². The standard InChI is InChI=1S/C13H25O2/c1-3-5-6-7-9-15-13-8-10-14-11-12(13)4-2/h12-13H,2-11H2,1H3. The highest BCUT2D eigenvalue weighted by Crippen LogP contribution is 2.21. The van der Waals surface area contributed by atoms with Crippen LogP contribution in [0.2, 0.25) is 0 Å². The predicted octanol–water partition coefficient (Wildman–Crippen LogP) is 3.21. The van der Waals surface area contributed by atoms with E-state index >= 15 is 0 Å². The Kier molecular flexibility index (Phi) is 7.03. The minimum Gasteiger partial charge on any atom is -0.381 e. The fraction of sp³-hybridized carbons (Fsp3) is 0.923. The zero-order valence-electron chi connectivity index (χ0n) is 10.0. The van der Waals surface area contributed by atoms with Crippen LogP contribution in [-0.2, 0) is 9.47 Å². The van der Waals surface area contributed by atoms with Crippen molar-refractivity contribution in [2.45, 2.75) is 51.6 Å². The highest BCUT2D eigenvalue weighted by molar-refractivity contribution is 4.74. The number of unbranched alkanes of at least 4 members (excludes halogenated alkanes) is 3. The number of hydrogen-bond donors (Lipinski definition) is 0. The van der Waals surface area contributed by atoms with Gasteiger partial charge in [-0.05, 0) is 19.3 Å². The van der Waals surface area contributed by atoms with Crippen LogP contribution in [0.4, 0.5) is 0 Å². The molecule has 1 aliphatic heterocycles. The van der Waals surface area contributed by atoms with Gasteiger partial charge in [-0.25, -0.2) is 0 Å². The molecule has 15 heavy (non-hydrogen) atoms. The van der Waals surface area contributed by atoms with E-state index in [0.717, 1.165) is 32.7 Å². The van der Waals surface area contributed by atoms with Crippen molar-refractivity contribution in [2.24, 2.45) is 5.92 Å². The predicted molar refractivity (Wildman–Crippen MR) is 62.8 cm³/mol. The van der Waals surface area contributed by atoms with Gasteiger partial charge in [0.2, 0.25) is 0 Å². The van der Waals surface area contributed by atoms with E-state index in [1.165, 1.54) is 25.7 Å². The van der Waals surface area contributed by atoms with Crippen LogP contribution >= 0.6 is 0 Å². The Morgan fingerprint density at radius 1 is 1.33 bits per heavy atom. The molecule has 2 heteroatoms. The SMILES string of the molecule is [CH2]CC1COCCC1OCCCCCC. The maximum atomic E-state index is 5.91. The van der Waals surface area contributed by atoms with Gasteiger partial charge in [-0.1, -0.05) is 33.1 Å². The van der Waals surface area contributed by atoms with E-state index in [1.54, 1.807) is 0 Å². The van der Waals surface area contributed by atoms with Gasteiger partial charge in [-0.2, -0.15) is 0 Å². The first kappa shape index (κ1) is 13.0. The fourth-order valence-corrected chi connectivity index (χ4v) is 2.03. The first-order valence-electron chi connectivity index (χ1n) is 6.37. The zero-order chi connectivity index (χ0) is 10.9. The third-order valence-electron chi connectivity index (χ3n) is 3.11. The van der Waals surface area contributed by atoms with Crippen LogP contribution in [0.15, 0.2) is 0 Å². The summed E-state index contributed by atoms with van der Waals surface area (Å²) >= 11 is 0. The van der Waals surface area contributed by atoms with E-state index in [0.29, 0.717) is 12.0 Å². The largest absolute Gasteiger partial charge is 0.381 e. The maximum Gasteiger partial charge on any atom is 0.0647 e. The molecule has 1 fully saturated rings. The second-order valence-electron chi connectivity index (χ2n) is 4.38. The summed E-state index contributed by atoms with van der Waals surface area (Å²) in [4.78, 5) is 0. The van der Waals surface area contributed by atoms with Gasteiger partial charge in [-0.3, -0.25) is 0 Å². The topological polar surface area (TPSA) is 18.5 Å². The molecule has 0 bridgehead atoms. The average molecular weight is 213 g/mol. The first-order chi connectivity index (χ1) is 7.38. The summed E-state index contributed by atoms with van der Waals surface area (Å²) in [6.07, 6.45) is 7.50. The van der Waals surface area contributed by atoms with Gasteiger partial charge in [0, 0.05) is 19.1 Å². The number of rotatable bonds is 7. The molecule has 2 unspecified atom stereocenters. The summed E-state index contributed by atoms with van der Waals surface area (Å²) in [5.74, 6) is 0.518. The Labute approximate surface area is 94.3 Å². The summed E-state index contributed by atoms with van der Waals surface area (Å²) in [5, 5.41) is 0. The quantitative estimate of drug-likeness (QED) is 0.605. The lowest BCUT2D eigenvalue weighted by Crippen LogP contribution is -2.34. The van der Waals surface area contributed by atoms with Gasteiger partial charge in [0.25, 0.3) is 0 Å². The van der Waals surface area contributed by atoms with E-state index in [-0.39, 0.29) is 0 Å². The summed E-state index contributed by atoms with van der Waals surface area (Å²) in [6, 6.07) is 0. The van der Waals surface area contributed by atoms with Crippen LogP contribution < -0.4 is 0 Å². The Morgan fingerprint density at radius 2 is 2.20 bits per heavy atom. The molecule has 1 rings (SSSR count). The molecule has 2 nitrogen and oxygen atoms in total. The van der Waals surface area contributed by atoms with Gasteiger partial charge in [0.1, 0.15) is 0 Å². The van der Waals surface area contributed by atoms with Crippen molar-refractivity contribution in [1.29, 1.82) is 0 Å². The van der Waals surface area contributed by atoms with E-state index < -0.39 is 0 Å². The van der Waals surface area contributed by atoms with Crippen molar-refractivity contribution in [2.75, 3.05) is 19.8 Å². The van der Waals surface area contributed by atoms with Gasteiger partial charge in [0.15, 0.2) is 0 Å². The molecule has 0 amide bonds. The smallest absolute Gasteiger partial charge is 0.0647 e. The van der Waals surface area contributed by atoms with Crippen LogP contribution in [0.25, 0.3) is 0 Å². The summed E-state index contributed by atoms with van der Waals surface area (Å²) in [7, 11) is 0. The molecule has 89 valence electrons. The van der Waals surface area contributed by atoms with Crippen molar-refractivity contribution < 1.29 is 9.47 Å². The van der Waals surface area contributed by atoms with Crippen LogP contribution in [0.5, 0.6) is 0 Å². The van der Waals surface area contributed by atoms with Gasteiger partial charge in [-0.15, -0.1) is 0 Å². The average Bonchev–Trinajstić information content (AvgIpc) is 2.29. The van der Waals surface area contributed by atoms with Gasteiger partial charge < -0.3 is 9.47 Å². The third kappa shape index (κ3) is 4.98. The summed E-state index contributed by atoms with van der Waals surface area (Å²) in [5.41, 5.74) is 0. The zero-order valence-corrected chi connectivity index (χ0v) is 10.0.